The summed E-state index contributed by atoms with van der Waals surface area (Å²) in [6, 6.07) is 15.9. The molecule has 0 aliphatic heterocycles. The third kappa shape index (κ3) is 3.94. The molecule has 0 spiro atoms. The van der Waals surface area contributed by atoms with Crippen LogP contribution < -0.4 is 5.32 Å². The van der Waals surface area contributed by atoms with E-state index in [4.69, 9.17) is 23.8 Å². The maximum Gasteiger partial charge on any atom is 0.174 e. The van der Waals surface area contributed by atoms with Gasteiger partial charge in [0, 0.05) is 29.7 Å². The Morgan fingerprint density at radius 1 is 1.14 bits per heavy atom. The molecule has 3 nitrogen and oxygen atoms in total. The Labute approximate surface area is 178 Å². The van der Waals surface area contributed by atoms with Gasteiger partial charge in [0.05, 0.1) is 0 Å². The molecule has 28 heavy (non-hydrogen) atoms. The van der Waals surface area contributed by atoms with Gasteiger partial charge in [-0.3, -0.25) is 4.79 Å². The van der Waals surface area contributed by atoms with E-state index in [-0.39, 0.29) is 5.78 Å². The molecule has 2 aromatic rings. The highest BCUT2D eigenvalue weighted by atomic mass is 35.5. The highest BCUT2D eigenvalue weighted by Gasteiger charge is 2.47. The zero-order chi connectivity index (χ0) is 20.3. The van der Waals surface area contributed by atoms with E-state index in [1.54, 1.807) is 0 Å². The number of hydrogen-bond acceptors (Lipinski definition) is 2. The van der Waals surface area contributed by atoms with Crippen LogP contribution in [-0.2, 0) is 10.3 Å². The Morgan fingerprint density at radius 2 is 1.82 bits per heavy atom. The van der Waals surface area contributed by atoms with E-state index < -0.39 is 5.54 Å². The first-order valence-corrected chi connectivity index (χ1v) is 10.6. The van der Waals surface area contributed by atoms with Crippen molar-refractivity contribution >= 4 is 40.4 Å². The van der Waals surface area contributed by atoms with Gasteiger partial charge in [0.1, 0.15) is 5.54 Å². The van der Waals surface area contributed by atoms with Gasteiger partial charge >= 0.3 is 0 Å². The third-order valence-electron chi connectivity index (χ3n) is 5.68. The van der Waals surface area contributed by atoms with E-state index in [0.717, 1.165) is 24.1 Å². The number of rotatable bonds is 4. The van der Waals surface area contributed by atoms with Gasteiger partial charge in [0.2, 0.25) is 0 Å². The maximum absolute atomic E-state index is 13.2. The Hall–Kier alpha value is -1.91. The number of carbonyl (C=O) groups excluding carboxylic acids is 1. The van der Waals surface area contributed by atoms with Crippen molar-refractivity contribution in [2.75, 3.05) is 12.4 Å². The first kappa shape index (κ1) is 20.8. The molecule has 1 saturated carbocycles. The monoisotopic (exact) mass is 414 g/mol. The van der Waals surface area contributed by atoms with Crippen LogP contribution in [0.1, 0.15) is 56.6 Å². The Balaban J connectivity index is 1.91. The average molecular weight is 415 g/mol. The number of thiocarbonyl (C=S) groups is 1. The van der Waals surface area contributed by atoms with Gasteiger partial charge in [-0.05, 0) is 61.2 Å². The SMILES string of the molecule is CC(C)c1ccc(NC(=S)N(C)C2(c3ccccc3Cl)CCCCC2=O)cc1. The number of nitrogens with one attached hydrogen (secondary N) is 1. The first-order valence-electron chi connectivity index (χ1n) is 9.79. The van der Waals surface area contributed by atoms with E-state index in [9.17, 15) is 4.79 Å². The molecule has 3 rings (SSSR count). The van der Waals surface area contributed by atoms with E-state index >= 15 is 0 Å². The van der Waals surface area contributed by atoms with Gasteiger partial charge in [-0.1, -0.05) is 55.8 Å². The van der Waals surface area contributed by atoms with Crippen LogP contribution in [0.4, 0.5) is 5.69 Å². The van der Waals surface area contributed by atoms with Crippen molar-refractivity contribution in [1.82, 2.24) is 4.90 Å². The van der Waals surface area contributed by atoms with Crippen LogP contribution in [0, 0.1) is 0 Å². The molecule has 0 radical (unpaired) electrons. The summed E-state index contributed by atoms with van der Waals surface area (Å²) in [7, 11) is 1.89. The van der Waals surface area contributed by atoms with Crippen molar-refractivity contribution in [2.24, 2.45) is 0 Å². The van der Waals surface area contributed by atoms with Gasteiger partial charge < -0.3 is 10.2 Å². The summed E-state index contributed by atoms with van der Waals surface area (Å²) in [6.07, 6.45) is 3.13. The van der Waals surface area contributed by atoms with Crippen LogP contribution in [-0.4, -0.2) is 22.8 Å². The molecule has 1 unspecified atom stereocenters. The number of carbonyl (C=O) groups is 1. The van der Waals surface area contributed by atoms with Crippen LogP contribution in [0.15, 0.2) is 48.5 Å². The van der Waals surface area contributed by atoms with Gasteiger partial charge in [0.25, 0.3) is 0 Å². The van der Waals surface area contributed by atoms with Crippen LogP contribution in [0.25, 0.3) is 0 Å². The fourth-order valence-corrected chi connectivity index (χ4v) is 4.53. The predicted octanol–water partition coefficient (Wildman–Crippen LogP) is 6.13. The molecule has 1 atom stereocenters. The van der Waals surface area contributed by atoms with E-state index in [2.05, 4.69) is 31.3 Å². The molecule has 0 saturated heterocycles. The normalized spacial score (nSPS) is 19.5. The molecule has 5 heteroatoms. The lowest BCUT2D eigenvalue weighted by atomic mass is 9.74. The van der Waals surface area contributed by atoms with Crippen molar-refractivity contribution in [3.05, 3.63) is 64.7 Å². The summed E-state index contributed by atoms with van der Waals surface area (Å²) in [5.74, 6) is 0.653. The lowest BCUT2D eigenvalue weighted by Crippen LogP contribution is -2.55. The smallest absolute Gasteiger partial charge is 0.174 e. The summed E-state index contributed by atoms with van der Waals surface area (Å²) in [5, 5.41) is 4.43. The number of nitrogens with zero attached hydrogens (tertiary/aromatic N) is 1. The second kappa shape index (κ2) is 8.62. The molecule has 0 bridgehead atoms. The lowest BCUT2D eigenvalue weighted by Gasteiger charge is -2.45. The number of anilines is 1. The summed E-state index contributed by atoms with van der Waals surface area (Å²) in [6.45, 7) is 4.34. The highest BCUT2D eigenvalue weighted by molar-refractivity contribution is 7.80. The topological polar surface area (TPSA) is 32.3 Å². The van der Waals surface area contributed by atoms with Crippen molar-refractivity contribution < 1.29 is 4.79 Å². The molecule has 2 aromatic carbocycles. The van der Waals surface area contributed by atoms with E-state index in [1.807, 2.05) is 48.3 Å². The second-order valence-electron chi connectivity index (χ2n) is 7.74. The molecule has 1 N–H and O–H groups in total. The molecular weight excluding hydrogens is 388 g/mol. The van der Waals surface area contributed by atoms with Crippen LogP contribution >= 0.6 is 23.8 Å². The zero-order valence-electron chi connectivity index (χ0n) is 16.7. The molecule has 0 amide bonds. The minimum atomic E-state index is -0.821. The first-order chi connectivity index (χ1) is 13.4. The summed E-state index contributed by atoms with van der Waals surface area (Å²) in [4.78, 5) is 15.1. The van der Waals surface area contributed by atoms with E-state index in [1.165, 1.54) is 5.56 Å². The third-order valence-corrected chi connectivity index (χ3v) is 6.38. The summed E-state index contributed by atoms with van der Waals surface area (Å²) >= 11 is 12.2. The van der Waals surface area contributed by atoms with Crippen molar-refractivity contribution in [3.63, 3.8) is 0 Å². The summed E-state index contributed by atoms with van der Waals surface area (Å²) in [5.41, 5.74) is 2.21. The fourth-order valence-electron chi connectivity index (χ4n) is 3.96. The van der Waals surface area contributed by atoms with E-state index in [0.29, 0.717) is 28.9 Å². The van der Waals surface area contributed by atoms with Gasteiger partial charge in [0.15, 0.2) is 10.9 Å². The molecule has 1 fully saturated rings. The minimum Gasteiger partial charge on any atom is -0.335 e. The van der Waals surface area contributed by atoms with Crippen LogP contribution in [0.2, 0.25) is 5.02 Å². The molecule has 1 aliphatic carbocycles. The standard InChI is InChI=1S/C23H27ClN2OS/c1-16(2)17-11-13-18(14-12-17)25-22(28)26(3)23(15-7-6-10-21(23)27)19-8-4-5-9-20(19)24/h4-5,8-9,11-14,16H,6-7,10,15H2,1-3H3,(H,25,28). The van der Waals surface area contributed by atoms with Gasteiger partial charge in [-0.2, -0.15) is 0 Å². The molecule has 148 valence electrons. The van der Waals surface area contributed by atoms with Crippen LogP contribution in [0.3, 0.4) is 0 Å². The largest absolute Gasteiger partial charge is 0.335 e. The number of hydrogen-bond donors (Lipinski definition) is 1. The maximum atomic E-state index is 13.2. The fraction of sp³-hybridized carbons (Fsp3) is 0.391. The number of benzene rings is 2. The Morgan fingerprint density at radius 3 is 2.43 bits per heavy atom. The van der Waals surface area contributed by atoms with Crippen LogP contribution in [0.5, 0.6) is 0 Å². The summed E-state index contributed by atoms with van der Waals surface area (Å²) < 4.78 is 0. The quantitative estimate of drug-likeness (QED) is 0.610. The molecule has 1 aliphatic rings. The number of likely N-dealkylation sites (N-methyl/N-ethyl adjacent to an activating group) is 1. The van der Waals surface area contributed by atoms with Crippen molar-refractivity contribution in [3.8, 4) is 0 Å². The Bertz CT molecular complexity index is 865. The minimum absolute atomic E-state index is 0.175. The molecule has 0 heterocycles. The van der Waals surface area contributed by atoms with Crippen molar-refractivity contribution in [2.45, 2.75) is 51.0 Å². The van der Waals surface area contributed by atoms with Crippen molar-refractivity contribution in [1.29, 1.82) is 0 Å². The Kier molecular flexibility index (Phi) is 6.41. The van der Waals surface area contributed by atoms with Gasteiger partial charge in [-0.25, -0.2) is 0 Å². The number of ketones is 1. The second-order valence-corrected chi connectivity index (χ2v) is 8.53. The van der Waals surface area contributed by atoms with Gasteiger partial charge in [-0.15, -0.1) is 0 Å². The predicted molar refractivity (Wildman–Crippen MR) is 121 cm³/mol. The lowest BCUT2D eigenvalue weighted by molar-refractivity contribution is -0.131. The highest BCUT2D eigenvalue weighted by Crippen LogP contribution is 2.42. The average Bonchev–Trinajstić information content (AvgIpc) is 2.69. The zero-order valence-corrected chi connectivity index (χ0v) is 18.2. The number of Topliss-reactive ketones (excluding diaryl/α,β-unsaturated/α-hetero) is 1. The molecule has 0 aromatic heterocycles. The number of halogens is 1. The molecular formula is C23H27ClN2OS.